The van der Waals surface area contributed by atoms with E-state index in [-0.39, 0.29) is 5.82 Å². The van der Waals surface area contributed by atoms with Crippen LogP contribution >= 0.6 is 0 Å². The van der Waals surface area contributed by atoms with E-state index in [1.54, 1.807) is 11.5 Å². The Labute approximate surface area is 75.5 Å². The second-order valence-electron chi connectivity index (χ2n) is 2.71. The minimum Gasteiger partial charge on any atom is -0.358 e. The number of aromatic nitrogens is 2. The van der Waals surface area contributed by atoms with Crippen molar-refractivity contribution < 1.29 is 4.92 Å². The molecule has 6 heteroatoms. The van der Waals surface area contributed by atoms with Gasteiger partial charge < -0.3 is 15.8 Å². The molecule has 0 saturated heterocycles. The molecule has 2 N–H and O–H groups in total. The molecule has 0 fully saturated rings. The van der Waals surface area contributed by atoms with Gasteiger partial charge in [-0.05, 0) is 17.9 Å². The fraction of sp³-hybridized carbons (Fsp3) is 0.571. The summed E-state index contributed by atoms with van der Waals surface area (Å²) in [7, 11) is 0. The number of rotatable bonds is 4. The summed E-state index contributed by atoms with van der Waals surface area (Å²) < 4.78 is 1.56. The monoisotopic (exact) mass is 184 g/mol. The van der Waals surface area contributed by atoms with Gasteiger partial charge in [0.25, 0.3) is 0 Å². The molecule has 1 rings (SSSR count). The molecule has 1 heterocycles. The predicted molar refractivity (Wildman–Crippen MR) is 47.3 cm³/mol. The maximum Gasteiger partial charge on any atom is 0.342 e. The zero-order valence-electron chi connectivity index (χ0n) is 7.43. The Morgan fingerprint density at radius 2 is 2.46 bits per heavy atom. The van der Waals surface area contributed by atoms with Crippen LogP contribution in [0.1, 0.15) is 12.2 Å². The maximum atomic E-state index is 10.5. The van der Waals surface area contributed by atoms with E-state index in [1.807, 2.05) is 0 Å². The second kappa shape index (κ2) is 3.99. The van der Waals surface area contributed by atoms with Crippen LogP contribution in [0.3, 0.4) is 0 Å². The molecule has 0 spiro atoms. The van der Waals surface area contributed by atoms with Gasteiger partial charge in [-0.3, -0.25) is 0 Å². The molecule has 1 aromatic rings. The number of aryl methyl sites for hydroxylation is 1. The van der Waals surface area contributed by atoms with E-state index in [9.17, 15) is 10.1 Å². The topological polar surface area (TPSA) is 87.0 Å². The van der Waals surface area contributed by atoms with Gasteiger partial charge in [0, 0.05) is 6.92 Å². The lowest BCUT2D eigenvalue weighted by molar-refractivity contribution is -0.392. The first-order chi connectivity index (χ1) is 6.16. The van der Waals surface area contributed by atoms with Gasteiger partial charge in [0.15, 0.2) is 5.82 Å². The van der Waals surface area contributed by atoms with Crippen molar-refractivity contribution in [2.45, 2.75) is 19.9 Å². The summed E-state index contributed by atoms with van der Waals surface area (Å²) in [5, 5.41) is 10.5. The number of hydrogen-bond donors (Lipinski definition) is 1. The Hall–Kier alpha value is -1.43. The van der Waals surface area contributed by atoms with Crippen molar-refractivity contribution in [1.82, 2.24) is 9.55 Å². The molecule has 13 heavy (non-hydrogen) atoms. The first-order valence-corrected chi connectivity index (χ1v) is 4.03. The van der Waals surface area contributed by atoms with E-state index >= 15 is 0 Å². The van der Waals surface area contributed by atoms with E-state index in [0.29, 0.717) is 18.9 Å². The summed E-state index contributed by atoms with van der Waals surface area (Å²) in [5.74, 6) is 0.686. The third-order valence-corrected chi connectivity index (χ3v) is 1.81. The molecule has 0 aliphatic heterocycles. The maximum absolute atomic E-state index is 10.5. The van der Waals surface area contributed by atoms with Crippen molar-refractivity contribution in [3.63, 3.8) is 0 Å². The number of nitrogens with zero attached hydrogens (tertiary/aromatic N) is 3. The zero-order valence-corrected chi connectivity index (χ0v) is 7.43. The Kier molecular flexibility index (Phi) is 2.97. The van der Waals surface area contributed by atoms with E-state index in [0.717, 1.165) is 6.42 Å². The normalized spacial score (nSPS) is 10.3. The number of imidazole rings is 1. The average molecular weight is 184 g/mol. The SMILES string of the molecule is Cc1ncc([N+](=O)[O-])n1CCCN. The molecule has 0 saturated carbocycles. The Morgan fingerprint density at radius 3 is 3.00 bits per heavy atom. The summed E-state index contributed by atoms with van der Waals surface area (Å²) in [6.07, 6.45) is 1.99. The highest BCUT2D eigenvalue weighted by molar-refractivity contribution is 5.18. The molecule has 0 aliphatic carbocycles. The summed E-state index contributed by atoms with van der Waals surface area (Å²) in [6.45, 7) is 2.82. The van der Waals surface area contributed by atoms with Crippen molar-refractivity contribution in [3.05, 3.63) is 22.1 Å². The van der Waals surface area contributed by atoms with Gasteiger partial charge in [-0.25, -0.2) is 9.55 Å². The third kappa shape index (κ3) is 2.03. The molecule has 0 atom stereocenters. The van der Waals surface area contributed by atoms with Crippen LogP contribution in [0.2, 0.25) is 0 Å². The molecule has 6 nitrogen and oxygen atoms in total. The van der Waals surface area contributed by atoms with Crippen LogP contribution in [-0.4, -0.2) is 21.0 Å². The van der Waals surface area contributed by atoms with E-state index in [4.69, 9.17) is 5.73 Å². The highest BCUT2D eigenvalue weighted by atomic mass is 16.6. The second-order valence-corrected chi connectivity index (χ2v) is 2.71. The fourth-order valence-electron chi connectivity index (χ4n) is 1.13. The van der Waals surface area contributed by atoms with Gasteiger partial charge in [0.1, 0.15) is 6.20 Å². The van der Waals surface area contributed by atoms with Gasteiger partial charge in [0.2, 0.25) is 0 Å². The smallest absolute Gasteiger partial charge is 0.342 e. The molecule has 0 bridgehead atoms. The third-order valence-electron chi connectivity index (χ3n) is 1.81. The lowest BCUT2D eigenvalue weighted by Crippen LogP contribution is -2.09. The van der Waals surface area contributed by atoms with E-state index in [1.165, 1.54) is 6.20 Å². The molecule has 1 aromatic heterocycles. The van der Waals surface area contributed by atoms with Crippen LogP contribution in [0.5, 0.6) is 0 Å². The van der Waals surface area contributed by atoms with E-state index in [2.05, 4.69) is 4.98 Å². The van der Waals surface area contributed by atoms with Crippen LogP contribution in [0.25, 0.3) is 0 Å². The molecule has 0 radical (unpaired) electrons. The standard InChI is InChI=1S/C7H12N4O2/c1-6-9-5-7(11(12)13)10(6)4-2-3-8/h5H,2-4,8H2,1H3. The van der Waals surface area contributed by atoms with Gasteiger partial charge in [-0.1, -0.05) is 0 Å². The average Bonchev–Trinajstić information content (AvgIpc) is 2.43. The summed E-state index contributed by atoms with van der Waals surface area (Å²) >= 11 is 0. The molecule has 0 amide bonds. The number of hydrogen-bond acceptors (Lipinski definition) is 4. The first kappa shape index (κ1) is 9.66. The van der Waals surface area contributed by atoms with Crippen molar-refractivity contribution in [3.8, 4) is 0 Å². The van der Waals surface area contributed by atoms with Gasteiger partial charge in [-0.2, -0.15) is 0 Å². The molecular formula is C7H12N4O2. The first-order valence-electron chi connectivity index (χ1n) is 4.03. The van der Waals surface area contributed by atoms with Crippen LogP contribution in [-0.2, 0) is 6.54 Å². The Morgan fingerprint density at radius 1 is 1.77 bits per heavy atom. The van der Waals surface area contributed by atoms with Crippen molar-refractivity contribution in [1.29, 1.82) is 0 Å². The van der Waals surface area contributed by atoms with E-state index < -0.39 is 4.92 Å². The fourth-order valence-corrected chi connectivity index (χ4v) is 1.13. The summed E-state index contributed by atoms with van der Waals surface area (Å²) in [4.78, 5) is 13.9. The van der Waals surface area contributed by atoms with Crippen LogP contribution < -0.4 is 5.73 Å². The van der Waals surface area contributed by atoms with Gasteiger partial charge in [0.05, 0.1) is 6.54 Å². The van der Waals surface area contributed by atoms with Crippen LogP contribution in [0, 0.1) is 17.0 Å². The summed E-state index contributed by atoms with van der Waals surface area (Å²) in [6, 6.07) is 0. The molecule has 0 aliphatic rings. The van der Waals surface area contributed by atoms with Crippen LogP contribution in [0.4, 0.5) is 5.82 Å². The van der Waals surface area contributed by atoms with Crippen molar-refractivity contribution in [2.24, 2.45) is 5.73 Å². The highest BCUT2D eigenvalue weighted by Crippen LogP contribution is 2.13. The van der Waals surface area contributed by atoms with Crippen LogP contribution in [0.15, 0.2) is 6.20 Å². The number of nitrogens with two attached hydrogens (primary N) is 1. The van der Waals surface area contributed by atoms with Gasteiger partial charge in [-0.15, -0.1) is 0 Å². The molecular weight excluding hydrogens is 172 g/mol. The Bertz CT molecular complexity index is 307. The number of nitro groups is 1. The van der Waals surface area contributed by atoms with Gasteiger partial charge >= 0.3 is 5.82 Å². The molecule has 72 valence electrons. The lowest BCUT2D eigenvalue weighted by Gasteiger charge is -2.00. The largest absolute Gasteiger partial charge is 0.358 e. The highest BCUT2D eigenvalue weighted by Gasteiger charge is 2.15. The minimum atomic E-state index is -0.434. The lowest BCUT2D eigenvalue weighted by atomic mass is 10.4. The van der Waals surface area contributed by atoms with Crippen molar-refractivity contribution >= 4 is 5.82 Å². The predicted octanol–water partition coefficient (Wildman–Crippen LogP) is 0.449. The molecule has 0 unspecified atom stereocenters. The zero-order chi connectivity index (χ0) is 9.84. The molecule has 0 aromatic carbocycles. The summed E-state index contributed by atoms with van der Waals surface area (Å²) in [5.41, 5.74) is 5.32. The Balaban J connectivity index is 2.88. The minimum absolute atomic E-state index is 0.0333. The quantitative estimate of drug-likeness (QED) is 0.543. The van der Waals surface area contributed by atoms with Crippen molar-refractivity contribution in [2.75, 3.05) is 6.54 Å².